The highest BCUT2D eigenvalue weighted by Crippen LogP contribution is 2.36. The number of nitrogens with one attached hydrogen (secondary N) is 1. The number of rotatable bonds is 5. The van der Waals surface area contributed by atoms with Crippen LogP contribution in [0.5, 0.6) is 0 Å². The minimum absolute atomic E-state index is 0.0425. The van der Waals surface area contributed by atoms with E-state index in [2.05, 4.69) is 21.3 Å². The number of amides is 1. The Hall–Kier alpha value is -2.92. The third-order valence-corrected chi connectivity index (χ3v) is 7.73. The van der Waals surface area contributed by atoms with Crippen LogP contribution in [-0.4, -0.2) is 51.6 Å². The van der Waals surface area contributed by atoms with Gasteiger partial charge in [0, 0.05) is 49.0 Å². The first-order valence-corrected chi connectivity index (χ1v) is 12.3. The Kier molecular flexibility index (Phi) is 6.30. The van der Waals surface area contributed by atoms with Crippen LogP contribution in [0.2, 0.25) is 5.02 Å². The van der Waals surface area contributed by atoms with Crippen LogP contribution in [0.4, 0.5) is 0 Å². The third kappa shape index (κ3) is 4.07. The Balaban J connectivity index is 1.48. The fourth-order valence-corrected chi connectivity index (χ4v) is 5.91. The van der Waals surface area contributed by atoms with Gasteiger partial charge in [-0.25, -0.2) is 4.98 Å². The lowest BCUT2D eigenvalue weighted by Crippen LogP contribution is -2.56. The number of carbonyl (C=O) groups is 1. The smallest absolute Gasteiger partial charge is 0.253 e. The second-order valence-corrected chi connectivity index (χ2v) is 9.90. The highest BCUT2D eigenvalue weighted by atomic mass is 35.5. The van der Waals surface area contributed by atoms with Gasteiger partial charge in [0.05, 0.1) is 21.7 Å². The fourth-order valence-electron chi connectivity index (χ4n) is 5.64. The first-order chi connectivity index (χ1) is 16.5. The van der Waals surface area contributed by atoms with E-state index in [0.29, 0.717) is 33.9 Å². The highest BCUT2D eigenvalue weighted by Gasteiger charge is 2.41. The molecule has 0 spiro atoms. The molecule has 0 unspecified atom stereocenters. The van der Waals surface area contributed by atoms with Crippen LogP contribution >= 0.6 is 11.6 Å². The maximum atomic E-state index is 13.6. The number of benzene rings is 1. The van der Waals surface area contributed by atoms with Gasteiger partial charge in [-0.15, -0.1) is 0 Å². The zero-order valence-electron chi connectivity index (χ0n) is 19.1. The Morgan fingerprint density at radius 2 is 2.09 bits per heavy atom. The molecule has 5 rings (SSSR count). The van der Waals surface area contributed by atoms with Gasteiger partial charge in [0.1, 0.15) is 6.07 Å². The van der Waals surface area contributed by atoms with Crippen LogP contribution in [0.1, 0.15) is 54.4 Å². The molecule has 3 heterocycles. The lowest BCUT2D eigenvalue weighted by Gasteiger charge is -2.45. The summed E-state index contributed by atoms with van der Waals surface area (Å²) in [6.45, 7) is 2.46. The van der Waals surface area contributed by atoms with Crippen molar-refractivity contribution in [2.75, 3.05) is 19.6 Å². The molecule has 1 aliphatic carbocycles. The summed E-state index contributed by atoms with van der Waals surface area (Å²) in [5.41, 5.74) is 7.84. The van der Waals surface area contributed by atoms with E-state index in [1.165, 1.54) is 19.3 Å². The van der Waals surface area contributed by atoms with Gasteiger partial charge in [-0.05, 0) is 43.5 Å². The Morgan fingerprint density at radius 1 is 1.26 bits per heavy atom. The molecule has 3 aromatic rings. The summed E-state index contributed by atoms with van der Waals surface area (Å²) in [4.78, 5) is 20.5. The molecule has 2 aromatic heterocycles. The molecule has 176 valence electrons. The summed E-state index contributed by atoms with van der Waals surface area (Å²) in [6.07, 6.45) is 10.1. The van der Waals surface area contributed by atoms with Gasteiger partial charge in [0.25, 0.3) is 5.91 Å². The quantitative estimate of drug-likeness (QED) is 0.579. The molecule has 8 heteroatoms. The predicted molar refractivity (Wildman–Crippen MR) is 133 cm³/mol. The van der Waals surface area contributed by atoms with Gasteiger partial charge < -0.3 is 11.1 Å². The summed E-state index contributed by atoms with van der Waals surface area (Å²) in [5.74, 6) is 0.311. The molecule has 1 amide bonds. The largest absolute Gasteiger partial charge is 0.350 e. The molecule has 1 aromatic carbocycles. The van der Waals surface area contributed by atoms with Crippen LogP contribution in [0.15, 0.2) is 42.7 Å². The molecular weight excluding hydrogens is 448 g/mol. The van der Waals surface area contributed by atoms with E-state index in [1.54, 1.807) is 35.2 Å². The lowest BCUT2D eigenvalue weighted by molar-refractivity contribution is 0.0645. The second-order valence-electron chi connectivity index (χ2n) is 9.50. The van der Waals surface area contributed by atoms with E-state index in [1.807, 2.05) is 12.1 Å². The van der Waals surface area contributed by atoms with Gasteiger partial charge in [0.15, 0.2) is 5.82 Å². The van der Waals surface area contributed by atoms with Gasteiger partial charge in [-0.1, -0.05) is 36.9 Å². The van der Waals surface area contributed by atoms with Gasteiger partial charge in [-0.2, -0.15) is 5.26 Å². The fraction of sp³-hybridized carbons (Fsp3) is 0.423. The zero-order chi connectivity index (χ0) is 23.7. The maximum Gasteiger partial charge on any atom is 0.253 e. The number of aromatic nitrogens is 2. The van der Waals surface area contributed by atoms with E-state index < -0.39 is 0 Å². The van der Waals surface area contributed by atoms with Crippen molar-refractivity contribution >= 4 is 28.4 Å². The van der Waals surface area contributed by atoms with Crippen LogP contribution in [0.25, 0.3) is 16.7 Å². The van der Waals surface area contributed by atoms with Crippen molar-refractivity contribution in [3.63, 3.8) is 0 Å². The van der Waals surface area contributed by atoms with Crippen molar-refractivity contribution in [3.05, 3.63) is 58.9 Å². The SMILES string of the molecule is N#Cc1cccnc1-n1cc(C(=O)NCC2(N3CC[C@@H](N)C3)CCCCC2)c2c(Cl)cccc21. The number of carbonyl (C=O) groups excluding carboxylic acids is 1. The van der Waals surface area contributed by atoms with Crippen molar-refractivity contribution in [2.24, 2.45) is 5.73 Å². The Bertz CT molecular complexity index is 1260. The molecular formula is C26H29ClN6O. The standard InChI is InChI=1S/C26H29ClN6O/c27-21-7-4-8-22-23(21)20(16-33(22)24-18(14-28)6-5-12-30-24)25(34)31-17-26(10-2-1-3-11-26)32-13-9-19(29)15-32/h4-8,12,16,19H,1-3,9-11,13,15,17,29H2,(H,31,34)/t19-/m1/s1. The highest BCUT2D eigenvalue weighted by molar-refractivity contribution is 6.37. The molecule has 1 atom stereocenters. The molecule has 34 heavy (non-hydrogen) atoms. The number of hydrogen-bond donors (Lipinski definition) is 2. The monoisotopic (exact) mass is 476 g/mol. The molecule has 7 nitrogen and oxygen atoms in total. The Morgan fingerprint density at radius 3 is 2.82 bits per heavy atom. The number of nitrogens with zero attached hydrogens (tertiary/aromatic N) is 4. The van der Waals surface area contributed by atoms with Crippen molar-refractivity contribution in [1.29, 1.82) is 5.26 Å². The second kappa shape index (κ2) is 9.38. The molecule has 0 radical (unpaired) electrons. The molecule has 1 saturated heterocycles. The van der Waals surface area contributed by atoms with Crippen molar-refractivity contribution < 1.29 is 4.79 Å². The maximum absolute atomic E-state index is 13.6. The average Bonchev–Trinajstić information content (AvgIpc) is 3.48. The number of fused-ring (bicyclic) bond motifs is 1. The third-order valence-electron chi connectivity index (χ3n) is 7.42. The van der Waals surface area contributed by atoms with Crippen LogP contribution < -0.4 is 11.1 Å². The Labute approximate surface area is 204 Å². The topological polar surface area (TPSA) is 100.0 Å². The van der Waals surface area contributed by atoms with Crippen LogP contribution in [0, 0.1) is 11.3 Å². The summed E-state index contributed by atoms with van der Waals surface area (Å²) in [5, 5.41) is 14.0. The summed E-state index contributed by atoms with van der Waals surface area (Å²) < 4.78 is 1.78. The van der Waals surface area contributed by atoms with E-state index >= 15 is 0 Å². The van der Waals surface area contributed by atoms with Crippen molar-refractivity contribution in [1.82, 2.24) is 19.8 Å². The minimum atomic E-state index is -0.167. The minimum Gasteiger partial charge on any atom is -0.350 e. The molecule has 1 saturated carbocycles. The number of nitriles is 1. The first kappa shape index (κ1) is 22.9. The first-order valence-electron chi connectivity index (χ1n) is 12.0. The normalized spacial score (nSPS) is 20.3. The van der Waals surface area contributed by atoms with Gasteiger partial charge >= 0.3 is 0 Å². The average molecular weight is 477 g/mol. The predicted octanol–water partition coefficient (Wildman–Crippen LogP) is 4.02. The number of halogens is 1. The van der Waals surface area contributed by atoms with E-state index in [0.717, 1.165) is 37.9 Å². The molecule has 2 fully saturated rings. The molecule has 2 aliphatic rings. The van der Waals surface area contributed by atoms with Gasteiger partial charge in [0.2, 0.25) is 0 Å². The summed E-state index contributed by atoms with van der Waals surface area (Å²) in [7, 11) is 0. The summed E-state index contributed by atoms with van der Waals surface area (Å²) in [6, 6.07) is 11.3. The summed E-state index contributed by atoms with van der Waals surface area (Å²) >= 11 is 6.58. The van der Waals surface area contributed by atoms with E-state index in [-0.39, 0.29) is 17.5 Å². The van der Waals surface area contributed by atoms with E-state index in [9.17, 15) is 10.1 Å². The number of pyridine rings is 1. The van der Waals surface area contributed by atoms with Crippen LogP contribution in [0.3, 0.4) is 0 Å². The van der Waals surface area contributed by atoms with E-state index in [4.69, 9.17) is 17.3 Å². The van der Waals surface area contributed by atoms with Crippen LogP contribution in [-0.2, 0) is 0 Å². The molecule has 3 N–H and O–H groups in total. The zero-order valence-corrected chi connectivity index (χ0v) is 19.9. The number of nitrogens with two attached hydrogens (primary N) is 1. The molecule has 0 bridgehead atoms. The number of likely N-dealkylation sites (tertiary alicyclic amines) is 1. The van der Waals surface area contributed by atoms with Gasteiger partial charge in [-0.3, -0.25) is 14.3 Å². The van der Waals surface area contributed by atoms with Crippen molar-refractivity contribution in [2.45, 2.75) is 50.1 Å². The number of hydrogen-bond acceptors (Lipinski definition) is 5. The molecule has 1 aliphatic heterocycles. The van der Waals surface area contributed by atoms with Crippen molar-refractivity contribution in [3.8, 4) is 11.9 Å². The lowest BCUT2D eigenvalue weighted by atomic mass is 9.80.